The summed E-state index contributed by atoms with van der Waals surface area (Å²) in [6, 6.07) is 15.5. The van der Waals surface area contributed by atoms with E-state index in [2.05, 4.69) is 0 Å². The predicted molar refractivity (Wildman–Crippen MR) is 105 cm³/mol. The summed E-state index contributed by atoms with van der Waals surface area (Å²) in [5.41, 5.74) is -0.346. The van der Waals surface area contributed by atoms with E-state index >= 15 is 0 Å². The van der Waals surface area contributed by atoms with E-state index in [0.29, 0.717) is 11.0 Å². The molecule has 0 radical (unpaired) electrons. The van der Waals surface area contributed by atoms with Crippen molar-refractivity contribution in [1.82, 2.24) is 0 Å². The average molecular weight is 377 g/mol. The van der Waals surface area contributed by atoms with Crippen molar-refractivity contribution in [2.24, 2.45) is 0 Å². The van der Waals surface area contributed by atoms with Gasteiger partial charge in [0.1, 0.15) is 5.58 Å². The first-order valence-electron chi connectivity index (χ1n) is 8.40. The minimum Gasteiger partial charge on any atom is -0.493 e. The Morgan fingerprint density at radius 1 is 0.893 bits per heavy atom. The summed E-state index contributed by atoms with van der Waals surface area (Å²) in [7, 11) is 2.81. The fourth-order valence-electron chi connectivity index (χ4n) is 3.29. The highest BCUT2D eigenvalue weighted by Crippen LogP contribution is 2.40. The first-order valence-corrected chi connectivity index (χ1v) is 8.40. The fraction of sp³-hybridized carbons (Fsp3) is 0.0952. The lowest BCUT2D eigenvalue weighted by Gasteiger charge is -2.11. The van der Waals surface area contributed by atoms with E-state index in [-0.39, 0.29) is 28.3 Å². The Morgan fingerprint density at radius 3 is 2.32 bits per heavy atom. The van der Waals surface area contributed by atoms with E-state index in [0.717, 1.165) is 10.8 Å². The van der Waals surface area contributed by atoms with Gasteiger partial charge in [0.15, 0.2) is 11.5 Å². The zero-order chi connectivity index (χ0) is 19.8. The largest absolute Gasteiger partial charge is 0.493 e. The second-order valence-electron chi connectivity index (χ2n) is 6.13. The van der Waals surface area contributed by atoms with Crippen LogP contribution in [0.5, 0.6) is 11.5 Å². The van der Waals surface area contributed by atoms with Gasteiger partial charge in [-0.1, -0.05) is 30.3 Å². The van der Waals surface area contributed by atoms with Crippen molar-refractivity contribution in [3.8, 4) is 22.6 Å². The van der Waals surface area contributed by atoms with Crippen molar-refractivity contribution >= 4 is 27.4 Å². The lowest BCUT2D eigenvalue weighted by atomic mass is 10.0. The van der Waals surface area contributed by atoms with Crippen molar-refractivity contribution in [2.75, 3.05) is 14.2 Å². The number of nitro groups is 1. The Labute approximate surface area is 158 Å². The summed E-state index contributed by atoms with van der Waals surface area (Å²) >= 11 is 0. The van der Waals surface area contributed by atoms with Crippen LogP contribution in [-0.4, -0.2) is 19.1 Å². The first kappa shape index (κ1) is 17.5. The molecular weight excluding hydrogens is 362 g/mol. The normalized spacial score (nSPS) is 10.9. The molecule has 0 aliphatic rings. The zero-order valence-electron chi connectivity index (χ0n) is 15.1. The molecule has 140 valence electrons. The molecule has 0 atom stereocenters. The molecule has 4 aromatic rings. The van der Waals surface area contributed by atoms with Gasteiger partial charge in [0.2, 0.25) is 0 Å². The molecule has 3 aromatic carbocycles. The molecule has 0 N–H and O–H groups in total. The predicted octanol–water partition coefficient (Wildman–Crippen LogP) is 4.54. The molecule has 0 aliphatic heterocycles. The quantitative estimate of drug-likeness (QED) is 0.224. The van der Waals surface area contributed by atoms with Gasteiger partial charge in [-0.25, -0.2) is 4.79 Å². The Morgan fingerprint density at radius 2 is 1.61 bits per heavy atom. The Balaban J connectivity index is 2.09. The van der Waals surface area contributed by atoms with Gasteiger partial charge in [0.05, 0.1) is 36.3 Å². The van der Waals surface area contributed by atoms with Crippen LogP contribution in [0, 0.1) is 10.1 Å². The monoisotopic (exact) mass is 377 g/mol. The van der Waals surface area contributed by atoms with Crippen molar-refractivity contribution < 1.29 is 18.8 Å². The zero-order valence-corrected chi connectivity index (χ0v) is 15.1. The number of methoxy groups -OCH3 is 2. The summed E-state index contributed by atoms with van der Waals surface area (Å²) < 4.78 is 15.9. The maximum atomic E-state index is 12.6. The Kier molecular flexibility index (Phi) is 4.19. The van der Waals surface area contributed by atoms with Gasteiger partial charge in [-0.05, 0) is 29.0 Å². The summed E-state index contributed by atoms with van der Waals surface area (Å²) in [6.07, 6.45) is 0. The van der Waals surface area contributed by atoms with Crippen molar-refractivity contribution in [3.63, 3.8) is 0 Å². The molecule has 0 unspecified atom stereocenters. The molecule has 0 fully saturated rings. The van der Waals surface area contributed by atoms with E-state index < -0.39 is 10.5 Å². The number of hydrogen-bond acceptors (Lipinski definition) is 6. The molecule has 7 heteroatoms. The SMILES string of the molecule is COc1cc(-c2cc3c(ccc4ccccc43)oc2=O)c([N+](=O)[O-])cc1OC. The van der Waals surface area contributed by atoms with E-state index in [9.17, 15) is 14.9 Å². The topological polar surface area (TPSA) is 91.8 Å². The Hall–Kier alpha value is -3.87. The third kappa shape index (κ3) is 2.73. The minimum atomic E-state index is -0.668. The van der Waals surface area contributed by atoms with Crippen LogP contribution >= 0.6 is 0 Å². The number of ether oxygens (including phenoxy) is 2. The van der Waals surface area contributed by atoms with Crippen LogP contribution in [0.2, 0.25) is 0 Å². The van der Waals surface area contributed by atoms with Gasteiger partial charge in [0.25, 0.3) is 5.69 Å². The van der Waals surface area contributed by atoms with Gasteiger partial charge in [-0.15, -0.1) is 0 Å². The van der Waals surface area contributed by atoms with Crippen LogP contribution < -0.4 is 15.1 Å². The number of benzene rings is 3. The van der Waals surface area contributed by atoms with Crippen LogP contribution in [0.25, 0.3) is 32.9 Å². The summed E-state index contributed by atoms with van der Waals surface area (Å²) in [4.78, 5) is 23.7. The minimum absolute atomic E-state index is 0.0801. The highest BCUT2D eigenvalue weighted by Gasteiger charge is 2.24. The molecule has 28 heavy (non-hydrogen) atoms. The van der Waals surface area contributed by atoms with Gasteiger partial charge >= 0.3 is 5.63 Å². The van der Waals surface area contributed by atoms with E-state index in [1.54, 1.807) is 12.1 Å². The van der Waals surface area contributed by atoms with Crippen molar-refractivity contribution in [3.05, 3.63) is 75.1 Å². The average Bonchev–Trinajstić information content (AvgIpc) is 2.72. The number of rotatable bonds is 4. The second kappa shape index (κ2) is 6.70. The standard InChI is InChI=1S/C21H15NO6/c1-26-19-10-14(17(22(24)25)11-20(19)27-2)16-9-15-13-6-4-3-5-12(13)7-8-18(15)28-21(16)23/h3-11H,1-2H3. The van der Waals surface area contributed by atoms with Gasteiger partial charge in [-0.3, -0.25) is 10.1 Å². The van der Waals surface area contributed by atoms with Crippen LogP contribution in [0.3, 0.4) is 0 Å². The number of nitro benzene ring substituents is 1. The van der Waals surface area contributed by atoms with Gasteiger partial charge in [0, 0.05) is 5.39 Å². The van der Waals surface area contributed by atoms with E-state index in [1.807, 2.05) is 30.3 Å². The third-order valence-electron chi connectivity index (χ3n) is 4.63. The van der Waals surface area contributed by atoms with Gasteiger partial charge < -0.3 is 13.9 Å². The lowest BCUT2D eigenvalue weighted by Crippen LogP contribution is -2.05. The van der Waals surface area contributed by atoms with E-state index in [4.69, 9.17) is 13.9 Å². The van der Waals surface area contributed by atoms with Crippen LogP contribution in [0.15, 0.2) is 63.8 Å². The fourth-order valence-corrected chi connectivity index (χ4v) is 3.29. The first-order chi connectivity index (χ1) is 13.5. The van der Waals surface area contributed by atoms with E-state index in [1.165, 1.54) is 26.4 Å². The molecule has 0 bridgehead atoms. The van der Waals surface area contributed by atoms with Gasteiger partial charge in [-0.2, -0.15) is 0 Å². The summed E-state index contributed by atoms with van der Waals surface area (Å²) in [6.45, 7) is 0. The maximum absolute atomic E-state index is 12.6. The van der Waals surface area contributed by atoms with Crippen LogP contribution in [-0.2, 0) is 0 Å². The smallest absolute Gasteiger partial charge is 0.344 e. The number of fused-ring (bicyclic) bond motifs is 3. The molecule has 1 heterocycles. The molecule has 0 saturated heterocycles. The van der Waals surface area contributed by atoms with Crippen molar-refractivity contribution in [1.29, 1.82) is 0 Å². The summed E-state index contributed by atoms with van der Waals surface area (Å²) in [5, 5.41) is 14.2. The molecule has 0 spiro atoms. The number of hydrogen-bond donors (Lipinski definition) is 0. The summed E-state index contributed by atoms with van der Waals surface area (Å²) in [5.74, 6) is 0.481. The lowest BCUT2D eigenvalue weighted by molar-refractivity contribution is -0.384. The second-order valence-corrected chi connectivity index (χ2v) is 6.13. The molecule has 4 rings (SSSR count). The highest BCUT2D eigenvalue weighted by atomic mass is 16.6. The molecule has 1 aromatic heterocycles. The number of nitrogens with zero attached hydrogens (tertiary/aromatic N) is 1. The van der Waals surface area contributed by atoms with Crippen LogP contribution in [0.4, 0.5) is 5.69 Å². The third-order valence-corrected chi connectivity index (χ3v) is 4.63. The highest BCUT2D eigenvalue weighted by molar-refractivity contribution is 6.06. The molecule has 0 amide bonds. The molecule has 0 saturated carbocycles. The molecular formula is C21H15NO6. The molecule has 0 aliphatic carbocycles. The molecule has 7 nitrogen and oxygen atoms in total. The maximum Gasteiger partial charge on any atom is 0.344 e. The Bertz CT molecular complexity index is 1290. The van der Waals surface area contributed by atoms with Crippen LogP contribution in [0.1, 0.15) is 0 Å². The van der Waals surface area contributed by atoms with Crippen molar-refractivity contribution in [2.45, 2.75) is 0 Å².